The number of hydrogen-bond donors (Lipinski definition) is 3. The lowest BCUT2D eigenvalue weighted by Gasteiger charge is -2.25. The van der Waals surface area contributed by atoms with Crippen molar-refractivity contribution in [2.75, 3.05) is 13.7 Å². The first-order valence-corrected chi connectivity index (χ1v) is 11.7. The van der Waals surface area contributed by atoms with Gasteiger partial charge in [-0.15, -0.1) is 0 Å². The second-order valence-corrected chi connectivity index (χ2v) is 9.41. The molecule has 6 atom stereocenters. The van der Waals surface area contributed by atoms with E-state index in [-0.39, 0.29) is 5.75 Å². The number of aliphatic hydroxyl groups excluding tert-OH is 1. The Balaban J connectivity index is 1.80. The number of para-hydroxylation sites is 1. The van der Waals surface area contributed by atoms with E-state index in [4.69, 9.17) is 13.8 Å². The number of hydrogen-bond acceptors (Lipinski definition) is 9. The van der Waals surface area contributed by atoms with E-state index in [9.17, 15) is 24.1 Å². The number of nitrogens with one attached hydrogen (secondary N) is 2. The molecule has 3 N–H and O–H groups in total. The van der Waals surface area contributed by atoms with Gasteiger partial charge < -0.3 is 19.1 Å². The lowest BCUT2D eigenvalue weighted by atomic mass is 9.98. The number of rotatable bonds is 9. The van der Waals surface area contributed by atoms with Crippen LogP contribution >= 0.6 is 7.75 Å². The fraction of sp³-hybridized carbons (Fsp3) is 0.450. The van der Waals surface area contributed by atoms with Crippen LogP contribution in [-0.4, -0.2) is 58.3 Å². The summed E-state index contributed by atoms with van der Waals surface area (Å²) in [5, 5.41) is 12.9. The van der Waals surface area contributed by atoms with Crippen molar-refractivity contribution in [2.24, 2.45) is 0 Å². The highest BCUT2D eigenvalue weighted by atomic mass is 31.2. The summed E-state index contributed by atoms with van der Waals surface area (Å²) in [5.41, 5.74) is -4.11. The van der Waals surface area contributed by atoms with E-state index < -0.39 is 61.7 Å². The third-order valence-electron chi connectivity index (χ3n) is 5.10. The molecule has 1 fully saturated rings. The number of ether oxygens (including phenoxy) is 2. The minimum absolute atomic E-state index is 0.149. The maximum atomic E-state index is 15.4. The fourth-order valence-electron chi connectivity index (χ4n) is 3.31. The smallest absolute Gasteiger partial charge is 0.459 e. The van der Waals surface area contributed by atoms with Crippen LogP contribution in [0.15, 0.2) is 52.2 Å². The van der Waals surface area contributed by atoms with Gasteiger partial charge in [0.05, 0.1) is 13.7 Å². The van der Waals surface area contributed by atoms with E-state index in [0.717, 1.165) is 30.9 Å². The molecule has 1 aliphatic rings. The van der Waals surface area contributed by atoms with Crippen molar-refractivity contribution in [3.63, 3.8) is 0 Å². The molecule has 1 aliphatic heterocycles. The average molecular weight is 501 g/mol. The van der Waals surface area contributed by atoms with Gasteiger partial charge in [0, 0.05) is 12.3 Å². The topological polar surface area (TPSA) is 158 Å². The number of esters is 1. The third-order valence-corrected chi connectivity index (χ3v) is 6.75. The molecule has 2 aromatic rings. The van der Waals surface area contributed by atoms with Gasteiger partial charge in [-0.05, 0) is 26.0 Å². The van der Waals surface area contributed by atoms with Crippen molar-refractivity contribution in [1.82, 2.24) is 14.6 Å². The van der Waals surface area contributed by atoms with Crippen LogP contribution in [0.5, 0.6) is 5.75 Å². The zero-order chi connectivity index (χ0) is 25.1. The highest BCUT2D eigenvalue weighted by Gasteiger charge is 2.55. The summed E-state index contributed by atoms with van der Waals surface area (Å²) in [6.07, 6.45) is -3.78. The van der Waals surface area contributed by atoms with E-state index in [1.165, 1.54) is 19.1 Å². The van der Waals surface area contributed by atoms with E-state index in [0.29, 0.717) is 0 Å². The molecule has 2 heterocycles. The summed E-state index contributed by atoms with van der Waals surface area (Å²) in [5.74, 6) is -0.595. The van der Waals surface area contributed by atoms with Gasteiger partial charge in [-0.2, -0.15) is 5.09 Å². The summed E-state index contributed by atoms with van der Waals surface area (Å²) in [7, 11) is -3.13. The number of methoxy groups -OCH3 is 1. The van der Waals surface area contributed by atoms with E-state index in [2.05, 4.69) is 9.82 Å². The molecule has 14 heteroatoms. The SMILES string of the molecule is COC(=O)[C@H](C)NP(=O)(OC[C@@H]1O[C@@H](n2ccc(=O)[nH]c2=O)C(C)(F)C1O)Oc1ccccc1. The van der Waals surface area contributed by atoms with Crippen LogP contribution < -0.4 is 20.9 Å². The predicted octanol–water partition coefficient (Wildman–Crippen LogP) is 0.878. The quantitative estimate of drug-likeness (QED) is 0.333. The van der Waals surface area contributed by atoms with Crippen molar-refractivity contribution in [2.45, 2.75) is 44.0 Å². The second-order valence-electron chi connectivity index (χ2n) is 7.71. The standard InChI is InChI=1S/C20H25FN3O9P/c1-12(17(27)30-3)23-34(29,33-13-7-5-4-6-8-13)31-11-14-16(26)20(2,21)18(32-14)24-10-9-15(25)22-19(24)28/h4-10,12,14,16,18,26H,11H2,1-3H3,(H,23,29)(H,22,25,28)/t12-,14-,16?,18+,20?,34?/m0/s1. The number of benzene rings is 1. The zero-order valence-electron chi connectivity index (χ0n) is 18.5. The Morgan fingerprint density at radius 1 is 1.35 bits per heavy atom. The molecule has 12 nitrogen and oxygen atoms in total. The molecule has 1 aromatic heterocycles. The Morgan fingerprint density at radius 2 is 2.03 bits per heavy atom. The molecule has 1 aromatic carbocycles. The number of aromatic amines is 1. The molecule has 3 rings (SSSR count). The monoisotopic (exact) mass is 501 g/mol. The summed E-state index contributed by atoms with van der Waals surface area (Å²) >= 11 is 0. The maximum Gasteiger partial charge on any atom is 0.459 e. The van der Waals surface area contributed by atoms with Crippen molar-refractivity contribution >= 4 is 13.7 Å². The summed E-state index contributed by atoms with van der Waals surface area (Å²) in [6, 6.07) is 7.83. The molecule has 3 unspecified atom stereocenters. The molecule has 34 heavy (non-hydrogen) atoms. The number of halogens is 1. The molecule has 0 amide bonds. The van der Waals surface area contributed by atoms with Gasteiger partial charge in [0.25, 0.3) is 5.56 Å². The van der Waals surface area contributed by atoms with E-state index in [1.807, 2.05) is 4.98 Å². The number of aromatic nitrogens is 2. The summed E-state index contributed by atoms with van der Waals surface area (Å²) in [4.78, 5) is 37.2. The number of nitrogens with zero attached hydrogens (tertiary/aromatic N) is 1. The molecule has 186 valence electrons. The van der Waals surface area contributed by atoms with Crippen molar-refractivity contribution < 1.29 is 37.4 Å². The molecular formula is C20H25FN3O9P. The predicted molar refractivity (Wildman–Crippen MR) is 116 cm³/mol. The van der Waals surface area contributed by atoms with Gasteiger partial charge in [-0.25, -0.2) is 13.8 Å². The van der Waals surface area contributed by atoms with Crippen LogP contribution in [-0.2, 0) is 23.4 Å². The Labute approximate surface area is 193 Å². The van der Waals surface area contributed by atoms with Crippen LogP contribution in [0.25, 0.3) is 0 Å². The Kier molecular flexibility index (Phi) is 7.74. The minimum atomic E-state index is -4.27. The largest absolute Gasteiger partial charge is 0.468 e. The van der Waals surface area contributed by atoms with Crippen molar-refractivity contribution in [3.8, 4) is 5.75 Å². The lowest BCUT2D eigenvalue weighted by molar-refractivity contribution is -0.142. The van der Waals surface area contributed by atoms with Gasteiger partial charge in [-0.1, -0.05) is 18.2 Å². The molecular weight excluding hydrogens is 476 g/mol. The summed E-state index contributed by atoms with van der Waals surface area (Å²) < 4.78 is 50.5. The molecule has 0 saturated carbocycles. The first kappa shape index (κ1) is 25.8. The Morgan fingerprint density at radius 3 is 2.65 bits per heavy atom. The maximum absolute atomic E-state index is 15.4. The second kappa shape index (κ2) is 10.2. The number of carbonyl (C=O) groups is 1. The number of carbonyl (C=O) groups excluding carboxylic acids is 1. The Bertz CT molecular complexity index is 1170. The van der Waals surface area contributed by atoms with Crippen LogP contribution in [0.4, 0.5) is 4.39 Å². The van der Waals surface area contributed by atoms with E-state index in [1.54, 1.807) is 18.2 Å². The molecule has 0 bridgehead atoms. The zero-order valence-corrected chi connectivity index (χ0v) is 19.4. The average Bonchev–Trinajstić information content (AvgIpc) is 3.01. The molecule has 0 aliphatic carbocycles. The van der Waals surface area contributed by atoms with Gasteiger partial charge in [0.15, 0.2) is 11.9 Å². The normalized spacial score (nSPS) is 27.0. The van der Waals surface area contributed by atoms with Gasteiger partial charge in [-0.3, -0.25) is 23.7 Å². The summed E-state index contributed by atoms with van der Waals surface area (Å²) in [6.45, 7) is 1.74. The number of H-pyrrole nitrogens is 1. The van der Waals surface area contributed by atoms with Crippen molar-refractivity contribution in [1.29, 1.82) is 0 Å². The van der Waals surface area contributed by atoms with Crippen molar-refractivity contribution in [3.05, 3.63) is 63.4 Å². The van der Waals surface area contributed by atoms with Crippen LogP contribution in [0.3, 0.4) is 0 Å². The van der Waals surface area contributed by atoms with Crippen LogP contribution in [0, 0.1) is 0 Å². The molecule has 0 spiro atoms. The third kappa shape index (κ3) is 5.62. The van der Waals surface area contributed by atoms with Crippen LogP contribution in [0.2, 0.25) is 0 Å². The first-order valence-electron chi connectivity index (χ1n) is 10.2. The lowest BCUT2D eigenvalue weighted by Crippen LogP contribution is -2.43. The first-order chi connectivity index (χ1) is 16.0. The molecule has 0 radical (unpaired) electrons. The fourth-order valence-corrected chi connectivity index (χ4v) is 4.81. The molecule has 1 saturated heterocycles. The Hall–Kier alpha value is -2.83. The van der Waals surface area contributed by atoms with E-state index >= 15 is 4.39 Å². The van der Waals surface area contributed by atoms with Gasteiger partial charge in [0.2, 0.25) is 0 Å². The number of aliphatic hydroxyl groups is 1. The number of alkyl halides is 1. The van der Waals surface area contributed by atoms with Crippen LogP contribution in [0.1, 0.15) is 20.1 Å². The highest BCUT2D eigenvalue weighted by Crippen LogP contribution is 2.47. The highest BCUT2D eigenvalue weighted by molar-refractivity contribution is 7.52. The minimum Gasteiger partial charge on any atom is -0.468 e. The van der Waals surface area contributed by atoms with Gasteiger partial charge in [0.1, 0.15) is 24.0 Å². The van der Waals surface area contributed by atoms with Gasteiger partial charge >= 0.3 is 19.4 Å².